The molecular weight excluding hydrogens is 350 g/mol. The zero-order valence-corrected chi connectivity index (χ0v) is 18.3. The van der Waals surface area contributed by atoms with Crippen molar-refractivity contribution < 1.29 is 9.57 Å². The summed E-state index contributed by atoms with van der Waals surface area (Å²) in [7, 11) is 4.29. The molecule has 1 atom stereocenters. The summed E-state index contributed by atoms with van der Waals surface area (Å²) in [6.07, 6.45) is 3.55. The molecule has 0 spiro atoms. The zero-order chi connectivity index (χ0) is 20.6. The van der Waals surface area contributed by atoms with Gasteiger partial charge in [0, 0.05) is 13.1 Å². The van der Waals surface area contributed by atoms with Gasteiger partial charge in [-0.25, -0.2) is 0 Å². The Bertz CT molecular complexity index is 637. The van der Waals surface area contributed by atoms with Crippen LogP contribution in [0.25, 0.3) is 0 Å². The molecule has 0 N–H and O–H groups in total. The monoisotopic (exact) mass is 387 g/mol. The largest absolute Gasteiger partial charge is 0.392 e. The number of ether oxygens (including phenoxy) is 1. The summed E-state index contributed by atoms with van der Waals surface area (Å²) >= 11 is 0. The van der Waals surface area contributed by atoms with Crippen molar-refractivity contribution in [2.24, 2.45) is 5.16 Å². The first kappa shape index (κ1) is 22.6. The molecule has 1 aliphatic rings. The summed E-state index contributed by atoms with van der Waals surface area (Å²) in [6.45, 7) is 14.2. The van der Waals surface area contributed by atoms with Gasteiger partial charge in [0.15, 0.2) is 0 Å². The fourth-order valence-corrected chi connectivity index (χ4v) is 4.19. The highest BCUT2D eigenvalue weighted by Crippen LogP contribution is 2.33. The van der Waals surface area contributed by atoms with Crippen LogP contribution in [-0.2, 0) is 16.0 Å². The lowest BCUT2D eigenvalue weighted by Crippen LogP contribution is -2.65. The molecule has 0 bridgehead atoms. The smallest absolute Gasteiger partial charge is 0.135 e. The van der Waals surface area contributed by atoms with Gasteiger partial charge in [-0.3, -0.25) is 9.80 Å². The number of morpholine rings is 1. The van der Waals surface area contributed by atoms with Gasteiger partial charge in [0.1, 0.15) is 6.61 Å². The van der Waals surface area contributed by atoms with Crippen molar-refractivity contribution in [1.29, 1.82) is 0 Å². The predicted octanol–water partition coefficient (Wildman–Crippen LogP) is 3.61. The van der Waals surface area contributed by atoms with Gasteiger partial charge in [0.25, 0.3) is 0 Å². The van der Waals surface area contributed by atoms with Gasteiger partial charge in [0.2, 0.25) is 0 Å². The van der Waals surface area contributed by atoms with Crippen LogP contribution < -0.4 is 0 Å². The molecule has 1 aliphatic heterocycles. The fourth-order valence-electron chi connectivity index (χ4n) is 4.19. The van der Waals surface area contributed by atoms with E-state index < -0.39 is 0 Å². The van der Waals surface area contributed by atoms with E-state index in [2.05, 4.69) is 81.6 Å². The van der Waals surface area contributed by atoms with Crippen LogP contribution in [0.3, 0.4) is 0 Å². The topological polar surface area (TPSA) is 37.3 Å². The quantitative estimate of drug-likeness (QED) is 0.266. The first-order chi connectivity index (χ1) is 13.4. The van der Waals surface area contributed by atoms with Crippen molar-refractivity contribution >= 4 is 5.71 Å². The third-order valence-corrected chi connectivity index (χ3v) is 5.95. The lowest BCUT2D eigenvalue weighted by atomic mass is 9.74. The molecule has 1 fully saturated rings. The number of hydrogen-bond acceptors (Lipinski definition) is 5. The second-order valence-corrected chi connectivity index (χ2v) is 8.12. The van der Waals surface area contributed by atoms with Crippen molar-refractivity contribution in [3.8, 4) is 0 Å². The number of nitrogens with zero attached hydrogens (tertiary/aromatic N) is 3. The van der Waals surface area contributed by atoms with Crippen molar-refractivity contribution in [3.63, 3.8) is 0 Å². The fraction of sp³-hybridized carbons (Fsp3) is 0.609. The molecule has 2 rings (SSSR count). The highest BCUT2D eigenvalue weighted by molar-refractivity contribution is 6.00. The first-order valence-corrected chi connectivity index (χ1v) is 10.2. The Labute approximate surface area is 171 Å². The van der Waals surface area contributed by atoms with E-state index in [1.54, 1.807) is 6.08 Å². The van der Waals surface area contributed by atoms with E-state index in [9.17, 15) is 0 Å². The van der Waals surface area contributed by atoms with E-state index in [0.29, 0.717) is 6.61 Å². The lowest BCUT2D eigenvalue weighted by Gasteiger charge is -2.50. The first-order valence-electron chi connectivity index (χ1n) is 10.2. The van der Waals surface area contributed by atoms with E-state index >= 15 is 0 Å². The lowest BCUT2D eigenvalue weighted by molar-refractivity contribution is 0.00469. The average Bonchev–Trinajstić information content (AvgIpc) is 2.71. The number of oxime groups is 1. The highest BCUT2D eigenvalue weighted by Gasteiger charge is 2.47. The molecule has 0 radical (unpaired) electrons. The van der Waals surface area contributed by atoms with Crippen LogP contribution in [0.15, 0.2) is 48.1 Å². The van der Waals surface area contributed by atoms with Gasteiger partial charge >= 0.3 is 0 Å². The predicted molar refractivity (Wildman–Crippen MR) is 117 cm³/mol. The molecule has 0 aromatic heterocycles. The summed E-state index contributed by atoms with van der Waals surface area (Å²) in [6, 6.07) is 10.6. The molecule has 0 aliphatic carbocycles. The standard InChI is InChI=1S/C23H37N3O2/c1-7-16-28-24-21(22(3,4)26-14-17-27-18-15-26)23(8-2,25(5)6)19-20-12-10-9-11-13-20/h7,9-13H,1,8,14-19H2,2-6H3. The van der Waals surface area contributed by atoms with Crippen LogP contribution in [0.5, 0.6) is 0 Å². The summed E-state index contributed by atoms with van der Waals surface area (Å²) < 4.78 is 5.59. The van der Waals surface area contributed by atoms with E-state index in [1.165, 1.54) is 5.56 Å². The van der Waals surface area contributed by atoms with Crippen LogP contribution in [0.2, 0.25) is 0 Å². The minimum atomic E-state index is -0.264. The molecule has 1 aromatic rings. The molecule has 5 nitrogen and oxygen atoms in total. The maximum absolute atomic E-state index is 5.70. The van der Waals surface area contributed by atoms with Gasteiger partial charge < -0.3 is 9.57 Å². The third-order valence-electron chi connectivity index (χ3n) is 5.95. The van der Waals surface area contributed by atoms with E-state index in [0.717, 1.165) is 44.9 Å². The molecular formula is C23H37N3O2. The Morgan fingerprint density at radius 2 is 1.89 bits per heavy atom. The molecule has 156 valence electrons. The molecule has 0 amide bonds. The van der Waals surface area contributed by atoms with Crippen LogP contribution in [0.1, 0.15) is 32.8 Å². The summed E-state index contributed by atoms with van der Waals surface area (Å²) in [5.41, 5.74) is 1.83. The van der Waals surface area contributed by atoms with Crippen molar-refractivity contribution in [1.82, 2.24) is 9.80 Å². The van der Waals surface area contributed by atoms with E-state index in [-0.39, 0.29) is 11.1 Å². The Morgan fingerprint density at radius 1 is 1.25 bits per heavy atom. The molecule has 0 saturated carbocycles. The molecule has 28 heavy (non-hydrogen) atoms. The van der Waals surface area contributed by atoms with Crippen LogP contribution in [0, 0.1) is 0 Å². The number of hydrogen-bond donors (Lipinski definition) is 0. The Kier molecular flexibility index (Phi) is 8.23. The van der Waals surface area contributed by atoms with E-state index in [1.807, 2.05) is 0 Å². The molecule has 1 heterocycles. The SMILES string of the molecule is C=CCON=C(C(C)(C)N1CCOCC1)C(CC)(Cc1ccccc1)N(C)C. The van der Waals surface area contributed by atoms with E-state index in [4.69, 9.17) is 14.7 Å². The molecule has 5 heteroatoms. The highest BCUT2D eigenvalue weighted by atomic mass is 16.6. The summed E-state index contributed by atoms with van der Waals surface area (Å²) in [4.78, 5) is 10.5. The number of rotatable bonds is 10. The van der Waals surface area contributed by atoms with Crippen molar-refractivity contribution in [3.05, 3.63) is 48.6 Å². The summed E-state index contributed by atoms with van der Waals surface area (Å²) in [5.74, 6) is 0. The molecule has 1 aromatic carbocycles. The van der Waals surface area contributed by atoms with Crippen molar-refractivity contribution in [2.75, 3.05) is 47.0 Å². The van der Waals surface area contributed by atoms with Crippen LogP contribution >= 0.6 is 0 Å². The van der Waals surface area contributed by atoms with Gasteiger partial charge in [-0.15, -0.1) is 0 Å². The second-order valence-electron chi connectivity index (χ2n) is 8.12. The minimum absolute atomic E-state index is 0.260. The van der Waals surface area contributed by atoms with Gasteiger partial charge in [0.05, 0.1) is 30.0 Å². The van der Waals surface area contributed by atoms with Gasteiger partial charge in [-0.05, 0) is 46.3 Å². The van der Waals surface area contributed by atoms with Crippen LogP contribution in [-0.4, -0.2) is 73.6 Å². The van der Waals surface area contributed by atoms with Gasteiger partial charge in [-0.2, -0.15) is 0 Å². The molecule has 1 saturated heterocycles. The minimum Gasteiger partial charge on any atom is -0.392 e. The van der Waals surface area contributed by atoms with Crippen molar-refractivity contribution in [2.45, 2.75) is 44.7 Å². The maximum atomic E-state index is 5.70. The normalized spacial score (nSPS) is 18.7. The Balaban J connectivity index is 2.51. The average molecular weight is 388 g/mol. The Hall–Kier alpha value is -1.69. The molecule has 1 unspecified atom stereocenters. The number of likely N-dealkylation sites (N-methyl/N-ethyl adjacent to an activating group) is 1. The second kappa shape index (κ2) is 10.2. The maximum Gasteiger partial charge on any atom is 0.135 e. The zero-order valence-electron chi connectivity index (χ0n) is 18.3. The third kappa shape index (κ3) is 5.02. The summed E-state index contributed by atoms with van der Waals surface area (Å²) in [5, 5.41) is 4.74. The Morgan fingerprint density at radius 3 is 2.43 bits per heavy atom. The van der Waals surface area contributed by atoms with Crippen LogP contribution in [0.4, 0.5) is 0 Å². The number of benzene rings is 1. The van der Waals surface area contributed by atoms with Gasteiger partial charge in [-0.1, -0.05) is 55.1 Å².